The molecule has 8 heteroatoms. The Bertz CT molecular complexity index is 458. The fraction of sp³-hybridized carbons (Fsp3) is 0.667. The maximum Gasteiger partial charge on any atom is 0.389 e. The van der Waals surface area contributed by atoms with Crippen LogP contribution in [0.2, 0.25) is 0 Å². The zero-order valence-corrected chi connectivity index (χ0v) is 12.1. The molecule has 0 atom stereocenters. The predicted molar refractivity (Wildman–Crippen MR) is 70.0 cm³/mol. The maximum atomic E-state index is 12.2. The second kappa shape index (κ2) is 7.01. The lowest BCUT2D eigenvalue weighted by molar-refractivity contribution is -0.136. The van der Waals surface area contributed by atoms with Gasteiger partial charge in [-0.15, -0.1) is 0 Å². The summed E-state index contributed by atoms with van der Waals surface area (Å²) in [4.78, 5) is 14.7. The lowest BCUT2D eigenvalue weighted by atomic mass is 10.1. The fourth-order valence-corrected chi connectivity index (χ4v) is 2.47. The first-order valence-electron chi connectivity index (χ1n) is 6.17. The normalized spacial score (nSPS) is 12.1. The number of aliphatic carboxylic acids is 1. The Morgan fingerprint density at radius 3 is 2.65 bits per heavy atom. The zero-order valence-electron chi connectivity index (χ0n) is 11.3. The topological polar surface area (TPSA) is 55.1 Å². The Labute approximate surface area is 119 Å². The Balaban J connectivity index is 2.77. The van der Waals surface area contributed by atoms with Gasteiger partial charge in [-0.05, 0) is 12.3 Å². The quantitative estimate of drug-likeness (QED) is 0.783. The average molecular weight is 310 g/mol. The fourth-order valence-electron chi connectivity index (χ4n) is 1.74. The van der Waals surface area contributed by atoms with Gasteiger partial charge in [0.15, 0.2) is 5.16 Å². The molecule has 0 aromatic carbocycles. The Hall–Kier alpha value is -1.18. The molecule has 4 nitrogen and oxygen atoms in total. The average Bonchev–Trinajstić information content (AvgIpc) is 2.68. The van der Waals surface area contributed by atoms with Crippen LogP contribution >= 0.6 is 11.8 Å². The molecule has 0 radical (unpaired) electrons. The van der Waals surface area contributed by atoms with Gasteiger partial charge in [-0.25, -0.2) is 4.98 Å². The van der Waals surface area contributed by atoms with Crippen LogP contribution < -0.4 is 0 Å². The van der Waals surface area contributed by atoms with Crippen LogP contribution in [-0.4, -0.2) is 32.6 Å². The number of carboxylic acids is 1. The summed E-state index contributed by atoms with van der Waals surface area (Å²) in [6.07, 6.45) is -3.47. The summed E-state index contributed by atoms with van der Waals surface area (Å²) in [7, 11) is 0. The molecular formula is C12H17F3N2O2S. The minimum Gasteiger partial charge on any atom is -0.481 e. The summed E-state index contributed by atoms with van der Waals surface area (Å²) >= 11 is 1.02. The zero-order chi connectivity index (χ0) is 15.3. The van der Waals surface area contributed by atoms with Crippen molar-refractivity contribution in [2.75, 3.05) is 5.75 Å². The smallest absolute Gasteiger partial charge is 0.389 e. The molecule has 114 valence electrons. The van der Waals surface area contributed by atoms with Gasteiger partial charge in [0.1, 0.15) is 0 Å². The van der Waals surface area contributed by atoms with Crippen LogP contribution in [0.5, 0.6) is 0 Å². The number of rotatable bonds is 7. The minimum atomic E-state index is -4.17. The van der Waals surface area contributed by atoms with E-state index in [0.29, 0.717) is 5.16 Å². The van der Waals surface area contributed by atoms with Crippen molar-refractivity contribution in [1.29, 1.82) is 0 Å². The van der Waals surface area contributed by atoms with Gasteiger partial charge >= 0.3 is 12.1 Å². The third-order valence-corrected chi connectivity index (χ3v) is 3.58. The van der Waals surface area contributed by atoms with Crippen LogP contribution in [0.4, 0.5) is 13.2 Å². The molecule has 1 rings (SSSR count). The van der Waals surface area contributed by atoms with E-state index >= 15 is 0 Å². The number of thioether (sulfide) groups is 1. The van der Waals surface area contributed by atoms with Crippen LogP contribution in [0.1, 0.15) is 38.3 Å². The van der Waals surface area contributed by atoms with Crippen LogP contribution in [0, 0.1) is 0 Å². The van der Waals surface area contributed by atoms with E-state index in [-0.39, 0.29) is 24.6 Å². The first-order valence-corrected chi connectivity index (χ1v) is 7.16. The third-order valence-electron chi connectivity index (χ3n) is 2.61. The van der Waals surface area contributed by atoms with Crippen molar-refractivity contribution in [3.05, 3.63) is 11.9 Å². The maximum absolute atomic E-state index is 12.2. The first kappa shape index (κ1) is 16.9. The molecule has 0 amide bonds. The SMILES string of the molecule is CC(C)c1cnc(SCC(=O)O)n1CCCC(F)(F)F. The molecule has 1 heterocycles. The molecular weight excluding hydrogens is 293 g/mol. The molecule has 0 bridgehead atoms. The van der Waals surface area contributed by atoms with Gasteiger partial charge in [0.2, 0.25) is 0 Å². The predicted octanol–water partition coefficient (Wildman–Crippen LogP) is 3.53. The van der Waals surface area contributed by atoms with Gasteiger partial charge in [0.25, 0.3) is 0 Å². The summed E-state index contributed by atoms with van der Waals surface area (Å²) in [6, 6.07) is 0. The van der Waals surface area contributed by atoms with Crippen molar-refractivity contribution < 1.29 is 23.1 Å². The van der Waals surface area contributed by atoms with E-state index in [1.165, 1.54) is 0 Å². The van der Waals surface area contributed by atoms with Crippen molar-refractivity contribution in [3.63, 3.8) is 0 Å². The highest BCUT2D eigenvalue weighted by atomic mass is 32.2. The molecule has 20 heavy (non-hydrogen) atoms. The van der Waals surface area contributed by atoms with E-state index in [4.69, 9.17) is 5.11 Å². The van der Waals surface area contributed by atoms with Crippen LogP contribution in [0.25, 0.3) is 0 Å². The highest BCUT2D eigenvalue weighted by molar-refractivity contribution is 7.99. The van der Waals surface area contributed by atoms with E-state index in [2.05, 4.69) is 4.98 Å². The number of halogens is 3. The standard InChI is InChI=1S/C12H17F3N2O2S/c1-8(2)9-6-16-11(20-7-10(18)19)17(9)5-3-4-12(13,14)15/h6,8H,3-5,7H2,1-2H3,(H,18,19). The van der Waals surface area contributed by atoms with Crippen LogP contribution in [0.3, 0.4) is 0 Å². The third kappa shape index (κ3) is 5.44. The van der Waals surface area contributed by atoms with Gasteiger partial charge < -0.3 is 9.67 Å². The lowest BCUT2D eigenvalue weighted by Gasteiger charge is -2.14. The van der Waals surface area contributed by atoms with E-state index in [1.54, 1.807) is 10.8 Å². The van der Waals surface area contributed by atoms with E-state index in [9.17, 15) is 18.0 Å². The molecule has 0 spiro atoms. The number of imidazole rings is 1. The van der Waals surface area contributed by atoms with Gasteiger partial charge in [-0.3, -0.25) is 4.79 Å². The lowest BCUT2D eigenvalue weighted by Crippen LogP contribution is -2.12. The van der Waals surface area contributed by atoms with Gasteiger partial charge in [0, 0.05) is 24.9 Å². The number of carboxylic acid groups (broad SMARTS) is 1. The molecule has 0 aliphatic carbocycles. The second-order valence-electron chi connectivity index (χ2n) is 4.67. The summed E-state index contributed by atoms with van der Waals surface area (Å²) < 4.78 is 38.3. The molecule has 0 fully saturated rings. The van der Waals surface area contributed by atoms with E-state index in [1.807, 2.05) is 13.8 Å². The molecule has 0 aliphatic heterocycles. The van der Waals surface area contributed by atoms with Crippen molar-refractivity contribution in [3.8, 4) is 0 Å². The molecule has 0 saturated heterocycles. The molecule has 1 N–H and O–H groups in total. The molecule has 1 aromatic rings. The van der Waals surface area contributed by atoms with Crippen LogP contribution in [-0.2, 0) is 11.3 Å². The van der Waals surface area contributed by atoms with Crippen molar-refractivity contribution in [2.24, 2.45) is 0 Å². The number of hydrogen-bond acceptors (Lipinski definition) is 3. The molecule has 1 aromatic heterocycles. The molecule has 0 saturated carbocycles. The van der Waals surface area contributed by atoms with Gasteiger partial charge in [-0.1, -0.05) is 25.6 Å². The number of alkyl halides is 3. The molecule has 0 aliphatic rings. The second-order valence-corrected chi connectivity index (χ2v) is 5.62. The highest BCUT2D eigenvalue weighted by Gasteiger charge is 2.26. The molecule has 0 unspecified atom stereocenters. The van der Waals surface area contributed by atoms with E-state index < -0.39 is 18.6 Å². The van der Waals surface area contributed by atoms with Gasteiger partial charge in [0.05, 0.1) is 5.75 Å². The van der Waals surface area contributed by atoms with E-state index in [0.717, 1.165) is 17.5 Å². The Kier molecular flexibility index (Phi) is 5.91. The summed E-state index contributed by atoms with van der Waals surface area (Å²) in [5.74, 6) is -1.02. The van der Waals surface area contributed by atoms with Crippen molar-refractivity contribution in [2.45, 2.75) is 50.5 Å². The van der Waals surface area contributed by atoms with Crippen molar-refractivity contribution in [1.82, 2.24) is 9.55 Å². The monoisotopic (exact) mass is 310 g/mol. The summed E-state index contributed by atoms with van der Waals surface area (Å²) in [5, 5.41) is 9.11. The van der Waals surface area contributed by atoms with Gasteiger partial charge in [-0.2, -0.15) is 13.2 Å². The Morgan fingerprint density at radius 2 is 2.15 bits per heavy atom. The highest BCUT2D eigenvalue weighted by Crippen LogP contribution is 2.26. The Morgan fingerprint density at radius 1 is 1.50 bits per heavy atom. The summed E-state index contributed by atoms with van der Waals surface area (Å²) in [6.45, 7) is 4.03. The number of aromatic nitrogens is 2. The number of carbonyl (C=O) groups is 1. The minimum absolute atomic E-state index is 0.0415. The number of nitrogens with zero attached hydrogens (tertiary/aromatic N) is 2. The summed E-state index contributed by atoms with van der Waals surface area (Å²) in [5.41, 5.74) is 0.820. The largest absolute Gasteiger partial charge is 0.481 e. The first-order chi connectivity index (χ1) is 9.20. The van der Waals surface area contributed by atoms with Crippen LogP contribution in [0.15, 0.2) is 11.4 Å². The van der Waals surface area contributed by atoms with Crippen molar-refractivity contribution >= 4 is 17.7 Å². The number of hydrogen-bond donors (Lipinski definition) is 1.